The van der Waals surface area contributed by atoms with Crippen LogP contribution in [-0.2, 0) is 13.0 Å². The van der Waals surface area contributed by atoms with Gasteiger partial charge < -0.3 is 10.0 Å². The van der Waals surface area contributed by atoms with Crippen LogP contribution in [-0.4, -0.2) is 11.7 Å². The maximum Gasteiger partial charge on any atom is 0.0807 e. The molecule has 2 heterocycles. The Morgan fingerprint density at radius 1 is 1.32 bits per heavy atom. The van der Waals surface area contributed by atoms with Gasteiger partial charge in [-0.2, -0.15) is 0 Å². The number of nitrogens with zero attached hydrogens (tertiary/aromatic N) is 1. The van der Waals surface area contributed by atoms with E-state index in [1.54, 1.807) is 0 Å². The minimum absolute atomic E-state index is 0.361. The minimum Gasteiger partial charge on any atom is -0.388 e. The van der Waals surface area contributed by atoms with Gasteiger partial charge in [0.2, 0.25) is 0 Å². The maximum atomic E-state index is 10.2. The van der Waals surface area contributed by atoms with Gasteiger partial charge in [0.15, 0.2) is 0 Å². The zero-order valence-corrected chi connectivity index (χ0v) is 12.0. The zero-order chi connectivity index (χ0) is 13.2. The third kappa shape index (κ3) is 2.40. The first-order chi connectivity index (χ1) is 9.29. The van der Waals surface area contributed by atoms with E-state index in [2.05, 4.69) is 28.5 Å². The topological polar surface area (TPSA) is 23.5 Å². The van der Waals surface area contributed by atoms with E-state index in [1.165, 1.54) is 16.1 Å². The van der Waals surface area contributed by atoms with Gasteiger partial charge in [-0.1, -0.05) is 25.1 Å². The predicted octanol–water partition coefficient (Wildman–Crippen LogP) is 3.75. The van der Waals surface area contributed by atoms with Crippen LogP contribution in [0.3, 0.4) is 0 Å². The van der Waals surface area contributed by atoms with Gasteiger partial charge in [-0.05, 0) is 35.9 Å². The summed E-state index contributed by atoms with van der Waals surface area (Å²) in [5.41, 5.74) is 3.69. The van der Waals surface area contributed by atoms with E-state index in [1.807, 2.05) is 30.4 Å². The van der Waals surface area contributed by atoms with Gasteiger partial charge in [0.1, 0.15) is 0 Å². The van der Waals surface area contributed by atoms with Crippen LogP contribution in [0.15, 0.2) is 35.7 Å². The Bertz CT molecular complexity index is 563. The second-order valence-electron chi connectivity index (χ2n) is 5.02. The quantitative estimate of drug-likeness (QED) is 0.920. The second-order valence-corrected chi connectivity index (χ2v) is 6.02. The largest absolute Gasteiger partial charge is 0.388 e. The standard InChI is InChI=1S/C16H19NOS/c1-2-15(18)13-5-3-4-6-14(13)17-9-7-16-12(11-17)8-10-19-16/h3-6,8,10,15,18H,2,7,9,11H2,1H3/t15-/m1/s1. The molecular formula is C16H19NOS. The van der Waals surface area contributed by atoms with Crippen molar-refractivity contribution >= 4 is 17.0 Å². The molecule has 1 aromatic heterocycles. The summed E-state index contributed by atoms with van der Waals surface area (Å²) in [6.07, 6.45) is 1.51. The van der Waals surface area contributed by atoms with Crippen LogP contribution in [0.1, 0.15) is 35.5 Å². The first-order valence-corrected chi connectivity index (χ1v) is 7.74. The lowest BCUT2D eigenvalue weighted by Crippen LogP contribution is -2.30. The van der Waals surface area contributed by atoms with Gasteiger partial charge in [0, 0.05) is 29.2 Å². The highest BCUT2D eigenvalue weighted by molar-refractivity contribution is 7.10. The molecule has 0 bridgehead atoms. The van der Waals surface area contributed by atoms with Gasteiger partial charge in [0.05, 0.1) is 6.10 Å². The molecule has 3 heteroatoms. The fourth-order valence-electron chi connectivity index (χ4n) is 2.73. The Morgan fingerprint density at radius 3 is 3.00 bits per heavy atom. The molecule has 1 aromatic carbocycles. The Kier molecular flexibility index (Phi) is 3.58. The van der Waals surface area contributed by atoms with Crippen molar-refractivity contribution in [3.63, 3.8) is 0 Å². The Labute approximate surface area is 118 Å². The molecule has 2 nitrogen and oxygen atoms in total. The van der Waals surface area contributed by atoms with E-state index in [0.29, 0.717) is 0 Å². The summed E-state index contributed by atoms with van der Waals surface area (Å²) in [6, 6.07) is 10.5. The minimum atomic E-state index is -0.361. The van der Waals surface area contributed by atoms with Crippen molar-refractivity contribution in [2.24, 2.45) is 0 Å². The van der Waals surface area contributed by atoms with Crippen LogP contribution < -0.4 is 4.90 Å². The SMILES string of the molecule is CC[C@@H](O)c1ccccc1N1CCc2sccc2C1. The molecule has 0 unspecified atom stereocenters. The number of para-hydroxylation sites is 1. The molecule has 1 atom stereocenters. The normalized spacial score (nSPS) is 16.2. The average molecular weight is 273 g/mol. The van der Waals surface area contributed by atoms with Crippen molar-refractivity contribution in [1.29, 1.82) is 0 Å². The Morgan fingerprint density at radius 2 is 2.16 bits per heavy atom. The predicted molar refractivity (Wildman–Crippen MR) is 80.8 cm³/mol. The molecule has 1 N–H and O–H groups in total. The highest BCUT2D eigenvalue weighted by atomic mass is 32.1. The number of aliphatic hydroxyl groups is 1. The molecule has 0 amide bonds. The lowest BCUT2D eigenvalue weighted by molar-refractivity contribution is 0.174. The average Bonchev–Trinajstić information content (AvgIpc) is 2.93. The highest BCUT2D eigenvalue weighted by Crippen LogP contribution is 2.33. The lowest BCUT2D eigenvalue weighted by Gasteiger charge is -2.31. The van der Waals surface area contributed by atoms with E-state index in [4.69, 9.17) is 0 Å². The number of aliphatic hydroxyl groups excluding tert-OH is 1. The smallest absolute Gasteiger partial charge is 0.0807 e. The van der Waals surface area contributed by atoms with E-state index >= 15 is 0 Å². The monoisotopic (exact) mass is 273 g/mol. The Balaban J connectivity index is 1.91. The van der Waals surface area contributed by atoms with E-state index in [0.717, 1.165) is 31.5 Å². The van der Waals surface area contributed by atoms with E-state index < -0.39 is 0 Å². The number of hydrogen-bond acceptors (Lipinski definition) is 3. The molecule has 0 spiro atoms. The first-order valence-electron chi connectivity index (χ1n) is 6.86. The number of hydrogen-bond donors (Lipinski definition) is 1. The van der Waals surface area contributed by atoms with Crippen molar-refractivity contribution in [2.45, 2.75) is 32.4 Å². The maximum absolute atomic E-state index is 10.2. The molecule has 19 heavy (non-hydrogen) atoms. The number of benzene rings is 1. The third-order valence-corrected chi connectivity index (χ3v) is 4.85. The summed E-state index contributed by atoms with van der Waals surface area (Å²) in [4.78, 5) is 3.91. The molecule has 0 saturated heterocycles. The molecule has 100 valence electrons. The molecule has 1 aliphatic rings. The van der Waals surface area contributed by atoms with Crippen LogP contribution in [0.25, 0.3) is 0 Å². The number of anilines is 1. The number of thiophene rings is 1. The molecule has 2 aromatic rings. The highest BCUT2D eigenvalue weighted by Gasteiger charge is 2.21. The zero-order valence-electron chi connectivity index (χ0n) is 11.2. The summed E-state index contributed by atoms with van der Waals surface area (Å²) >= 11 is 1.86. The Hall–Kier alpha value is -1.32. The lowest BCUT2D eigenvalue weighted by atomic mass is 10.0. The number of fused-ring (bicyclic) bond motifs is 1. The fraction of sp³-hybridized carbons (Fsp3) is 0.375. The van der Waals surface area contributed by atoms with E-state index in [-0.39, 0.29) is 6.10 Å². The van der Waals surface area contributed by atoms with Crippen molar-refractivity contribution in [1.82, 2.24) is 0 Å². The van der Waals surface area contributed by atoms with Crippen LogP contribution in [0.5, 0.6) is 0 Å². The molecule has 0 fully saturated rings. The molecule has 0 aliphatic carbocycles. The van der Waals surface area contributed by atoms with Gasteiger partial charge in [-0.15, -0.1) is 11.3 Å². The second kappa shape index (κ2) is 5.35. The third-order valence-electron chi connectivity index (χ3n) is 3.83. The van der Waals surface area contributed by atoms with Gasteiger partial charge in [-0.3, -0.25) is 0 Å². The first kappa shape index (κ1) is 12.7. The van der Waals surface area contributed by atoms with Gasteiger partial charge in [0.25, 0.3) is 0 Å². The van der Waals surface area contributed by atoms with Crippen LogP contribution >= 0.6 is 11.3 Å². The van der Waals surface area contributed by atoms with Crippen LogP contribution in [0.4, 0.5) is 5.69 Å². The van der Waals surface area contributed by atoms with E-state index in [9.17, 15) is 5.11 Å². The summed E-state index contributed by atoms with van der Waals surface area (Å²) in [7, 11) is 0. The summed E-state index contributed by atoms with van der Waals surface area (Å²) in [6.45, 7) is 4.03. The summed E-state index contributed by atoms with van der Waals surface area (Å²) < 4.78 is 0. The summed E-state index contributed by atoms with van der Waals surface area (Å²) in [5, 5.41) is 12.4. The van der Waals surface area contributed by atoms with Crippen molar-refractivity contribution in [3.8, 4) is 0 Å². The van der Waals surface area contributed by atoms with Crippen LogP contribution in [0, 0.1) is 0 Å². The molecule has 3 rings (SSSR count). The molecule has 0 saturated carbocycles. The van der Waals surface area contributed by atoms with Crippen molar-refractivity contribution in [2.75, 3.05) is 11.4 Å². The summed E-state index contributed by atoms with van der Waals surface area (Å²) in [5.74, 6) is 0. The number of rotatable bonds is 3. The molecular weight excluding hydrogens is 254 g/mol. The van der Waals surface area contributed by atoms with Crippen molar-refractivity contribution in [3.05, 3.63) is 51.7 Å². The molecule has 1 aliphatic heterocycles. The van der Waals surface area contributed by atoms with Crippen LogP contribution in [0.2, 0.25) is 0 Å². The van der Waals surface area contributed by atoms with Gasteiger partial charge >= 0.3 is 0 Å². The fourth-order valence-corrected chi connectivity index (χ4v) is 3.62. The van der Waals surface area contributed by atoms with Gasteiger partial charge in [-0.25, -0.2) is 0 Å². The van der Waals surface area contributed by atoms with Crippen molar-refractivity contribution < 1.29 is 5.11 Å². The molecule has 0 radical (unpaired) electrons.